The van der Waals surface area contributed by atoms with Crippen LogP contribution in [0.3, 0.4) is 0 Å². The molecule has 3 aromatic rings. The molecular formula is C17H17N5O. The molecule has 0 saturated carbocycles. The highest BCUT2D eigenvalue weighted by Gasteiger charge is 2.19. The van der Waals surface area contributed by atoms with Crippen molar-refractivity contribution >= 4 is 5.95 Å². The van der Waals surface area contributed by atoms with Gasteiger partial charge in [-0.1, -0.05) is 35.5 Å². The average Bonchev–Trinajstić information content (AvgIpc) is 3.04. The predicted molar refractivity (Wildman–Crippen MR) is 86.2 cm³/mol. The number of nitrogens with zero attached hydrogens (tertiary/aromatic N) is 4. The van der Waals surface area contributed by atoms with E-state index in [9.17, 15) is 0 Å². The fourth-order valence-electron chi connectivity index (χ4n) is 2.88. The van der Waals surface area contributed by atoms with Gasteiger partial charge in [0, 0.05) is 49.4 Å². The molecule has 1 aliphatic rings. The SMILES string of the molecule is Nc1ncc2c(n1)CCN(Cc1cc(-c3ccccc3)on1)C2. The Morgan fingerprint density at radius 1 is 1.22 bits per heavy atom. The van der Waals surface area contributed by atoms with Crippen LogP contribution in [-0.4, -0.2) is 26.6 Å². The van der Waals surface area contributed by atoms with E-state index in [-0.39, 0.29) is 0 Å². The second kappa shape index (κ2) is 5.81. The van der Waals surface area contributed by atoms with Crippen molar-refractivity contribution in [2.45, 2.75) is 19.5 Å². The van der Waals surface area contributed by atoms with E-state index in [4.69, 9.17) is 10.3 Å². The molecule has 6 heteroatoms. The molecule has 23 heavy (non-hydrogen) atoms. The van der Waals surface area contributed by atoms with E-state index < -0.39 is 0 Å². The van der Waals surface area contributed by atoms with Crippen LogP contribution >= 0.6 is 0 Å². The minimum atomic E-state index is 0.348. The van der Waals surface area contributed by atoms with Crippen LogP contribution in [0.5, 0.6) is 0 Å². The summed E-state index contributed by atoms with van der Waals surface area (Å²) in [6.45, 7) is 2.49. The minimum Gasteiger partial charge on any atom is -0.368 e. The Morgan fingerprint density at radius 2 is 2.09 bits per heavy atom. The molecule has 116 valence electrons. The number of fused-ring (bicyclic) bond motifs is 1. The first-order valence-electron chi connectivity index (χ1n) is 7.61. The van der Waals surface area contributed by atoms with Crippen molar-refractivity contribution in [3.8, 4) is 11.3 Å². The number of rotatable bonds is 3. The zero-order valence-corrected chi connectivity index (χ0v) is 12.6. The summed E-state index contributed by atoms with van der Waals surface area (Å²) in [6.07, 6.45) is 2.70. The number of aromatic nitrogens is 3. The van der Waals surface area contributed by atoms with Crippen LogP contribution in [0, 0.1) is 0 Å². The molecule has 2 aromatic heterocycles. The van der Waals surface area contributed by atoms with Gasteiger partial charge in [-0.15, -0.1) is 0 Å². The number of anilines is 1. The third-order valence-electron chi connectivity index (χ3n) is 4.03. The Morgan fingerprint density at radius 3 is 2.96 bits per heavy atom. The smallest absolute Gasteiger partial charge is 0.220 e. The molecule has 0 saturated heterocycles. The molecule has 2 N–H and O–H groups in total. The van der Waals surface area contributed by atoms with Gasteiger partial charge < -0.3 is 10.3 Å². The van der Waals surface area contributed by atoms with Gasteiger partial charge in [-0.2, -0.15) is 0 Å². The van der Waals surface area contributed by atoms with Gasteiger partial charge in [-0.25, -0.2) is 9.97 Å². The first kappa shape index (κ1) is 13.9. The van der Waals surface area contributed by atoms with Crippen molar-refractivity contribution in [1.82, 2.24) is 20.0 Å². The van der Waals surface area contributed by atoms with Crippen LogP contribution in [0.4, 0.5) is 5.95 Å². The van der Waals surface area contributed by atoms with E-state index in [0.29, 0.717) is 5.95 Å². The summed E-state index contributed by atoms with van der Waals surface area (Å²) in [5.41, 5.74) is 9.81. The lowest BCUT2D eigenvalue weighted by Gasteiger charge is -2.26. The van der Waals surface area contributed by atoms with Gasteiger partial charge in [-0.3, -0.25) is 4.90 Å². The van der Waals surface area contributed by atoms with E-state index in [0.717, 1.165) is 54.3 Å². The summed E-state index contributed by atoms with van der Waals surface area (Å²) < 4.78 is 5.46. The standard InChI is InChI=1S/C17H17N5O/c18-17-19-9-13-10-22(7-6-15(13)20-17)11-14-8-16(23-21-14)12-4-2-1-3-5-12/h1-5,8-9H,6-7,10-11H2,(H2,18,19,20). The van der Waals surface area contributed by atoms with Crippen molar-refractivity contribution in [2.75, 3.05) is 12.3 Å². The molecule has 3 heterocycles. The summed E-state index contributed by atoms with van der Waals surface area (Å²) in [7, 11) is 0. The maximum atomic E-state index is 5.64. The van der Waals surface area contributed by atoms with Crippen LogP contribution < -0.4 is 5.73 Å². The van der Waals surface area contributed by atoms with E-state index >= 15 is 0 Å². The van der Waals surface area contributed by atoms with Gasteiger partial charge in [0.25, 0.3) is 0 Å². The average molecular weight is 307 g/mol. The summed E-state index contributed by atoms with van der Waals surface area (Å²) in [5.74, 6) is 1.15. The maximum Gasteiger partial charge on any atom is 0.220 e. The monoisotopic (exact) mass is 307 g/mol. The highest BCUT2D eigenvalue weighted by molar-refractivity contribution is 5.56. The number of hydrogen-bond donors (Lipinski definition) is 1. The van der Waals surface area contributed by atoms with Gasteiger partial charge in [0.1, 0.15) is 0 Å². The molecular weight excluding hydrogens is 290 g/mol. The molecule has 0 unspecified atom stereocenters. The molecule has 0 atom stereocenters. The van der Waals surface area contributed by atoms with Crippen LogP contribution in [0.1, 0.15) is 17.0 Å². The fourth-order valence-corrected chi connectivity index (χ4v) is 2.88. The van der Waals surface area contributed by atoms with Crippen LogP contribution in [-0.2, 0) is 19.5 Å². The molecule has 0 bridgehead atoms. The molecule has 0 amide bonds. The Kier molecular flexibility index (Phi) is 3.51. The second-order valence-electron chi connectivity index (χ2n) is 5.71. The van der Waals surface area contributed by atoms with Crippen LogP contribution in [0.2, 0.25) is 0 Å². The zero-order chi connectivity index (χ0) is 15.6. The van der Waals surface area contributed by atoms with Crippen LogP contribution in [0.25, 0.3) is 11.3 Å². The van der Waals surface area contributed by atoms with Crippen LogP contribution in [0.15, 0.2) is 47.1 Å². The van der Waals surface area contributed by atoms with Gasteiger partial charge in [0.15, 0.2) is 5.76 Å². The molecule has 1 aromatic carbocycles. The van der Waals surface area contributed by atoms with Gasteiger partial charge in [-0.05, 0) is 0 Å². The summed E-state index contributed by atoms with van der Waals surface area (Å²) in [4.78, 5) is 10.7. The fraction of sp³-hybridized carbons (Fsp3) is 0.235. The third kappa shape index (κ3) is 2.93. The lowest BCUT2D eigenvalue weighted by Crippen LogP contribution is -2.31. The summed E-state index contributed by atoms with van der Waals surface area (Å²) >= 11 is 0. The summed E-state index contributed by atoms with van der Waals surface area (Å²) in [5, 5.41) is 4.19. The molecule has 1 aliphatic heterocycles. The van der Waals surface area contributed by atoms with Gasteiger partial charge in [0.05, 0.1) is 11.4 Å². The van der Waals surface area contributed by atoms with Crippen molar-refractivity contribution in [2.24, 2.45) is 0 Å². The molecule has 0 spiro atoms. The third-order valence-corrected chi connectivity index (χ3v) is 4.03. The Bertz CT molecular complexity index is 815. The number of benzene rings is 1. The van der Waals surface area contributed by atoms with E-state index in [2.05, 4.69) is 20.0 Å². The lowest BCUT2D eigenvalue weighted by molar-refractivity contribution is 0.235. The predicted octanol–water partition coefficient (Wildman–Crippen LogP) is 2.27. The maximum absolute atomic E-state index is 5.64. The highest BCUT2D eigenvalue weighted by Crippen LogP contribution is 2.22. The number of nitrogens with two attached hydrogens (primary N) is 1. The lowest BCUT2D eigenvalue weighted by atomic mass is 10.1. The van der Waals surface area contributed by atoms with E-state index in [1.165, 1.54) is 0 Å². The van der Waals surface area contributed by atoms with E-state index in [1.807, 2.05) is 42.6 Å². The topological polar surface area (TPSA) is 81.1 Å². The van der Waals surface area contributed by atoms with Gasteiger partial charge in [0.2, 0.25) is 5.95 Å². The first-order chi connectivity index (χ1) is 11.3. The van der Waals surface area contributed by atoms with Crippen molar-refractivity contribution < 1.29 is 4.52 Å². The van der Waals surface area contributed by atoms with Crippen molar-refractivity contribution in [3.05, 3.63) is 59.5 Å². The number of hydrogen-bond acceptors (Lipinski definition) is 6. The van der Waals surface area contributed by atoms with Crippen molar-refractivity contribution in [1.29, 1.82) is 0 Å². The Labute approximate surface area is 134 Å². The highest BCUT2D eigenvalue weighted by atomic mass is 16.5. The molecule has 0 fully saturated rings. The van der Waals surface area contributed by atoms with E-state index in [1.54, 1.807) is 0 Å². The first-order valence-corrected chi connectivity index (χ1v) is 7.61. The minimum absolute atomic E-state index is 0.348. The Balaban J connectivity index is 1.47. The second-order valence-corrected chi connectivity index (χ2v) is 5.71. The molecule has 4 rings (SSSR count). The molecule has 6 nitrogen and oxygen atoms in total. The Hall–Kier alpha value is -2.73. The normalized spacial score (nSPS) is 14.6. The summed E-state index contributed by atoms with van der Waals surface area (Å²) in [6, 6.07) is 12.0. The zero-order valence-electron chi connectivity index (χ0n) is 12.6. The molecule has 0 radical (unpaired) electrons. The quantitative estimate of drug-likeness (QED) is 0.799. The largest absolute Gasteiger partial charge is 0.368 e. The molecule has 0 aliphatic carbocycles. The van der Waals surface area contributed by atoms with Gasteiger partial charge >= 0.3 is 0 Å². The van der Waals surface area contributed by atoms with Crippen molar-refractivity contribution in [3.63, 3.8) is 0 Å². The number of nitrogen functional groups attached to an aromatic ring is 1.